The second kappa shape index (κ2) is 7.62. The van der Waals surface area contributed by atoms with Crippen LogP contribution in [0.1, 0.15) is 52.5 Å². The summed E-state index contributed by atoms with van der Waals surface area (Å²) in [6.07, 6.45) is 6.33. The lowest BCUT2D eigenvalue weighted by molar-refractivity contribution is 0.355. The van der Waals surface area contributed by atoms with Gasteiger partial charge >= 0.3 is 0 Å². The normalized spacial score (nSPS) is 22.4. The van der Waals surface area contributed by atoms with E-state index in [1.54, 1.807) is 6.33 Å². The van der Waals surface area contributed by atoms with Gasteiger partial charge in [-0.1, -0.05) is 34.1 Å². The molecule has 2 rings (SSSR count). The minimum Gasteiger partial charge on any atom is -0.370 e. The van der Waals surface area contributed by atoms with Crippen molar-refractivity contribution >= 4 is 11.6 Å². The van der Waals surface area contributed by atoms with Gasteiger partial charge in [0.2, 0.25) is 0 Å². The van der Waals surface area contributed by atoms with Crippen LogP contribution in [0.3, 0.4) is 0 Å². The molecule has 1 aromatic rings. The summed E-state index contributed by atoms with van der Waals surface area (Å²) in [4.78, 5) is 11.6. The van der Waals surface area contributed by atoms with E-state index in [-0.39, 0.29) is 0 Å². The lowest BCUT2D eigenvalue weighted by Crippen LogP contribution is -2.39. The number of piperidine rings is 1. The van der Waals surface area contributed by atoms with Crippen LogP contribution in [-0.4, -0.2) is 29.6 Å². The molecule has 21 heavy (non-hydrogen) atoms. The molecule has 0 saturated carbocycles. The Balaban J connectivity index is 2.28. The maximum atomic E-state index is 4.63. The van der Waals surface area contributed by atoms with Crippen LogP contribution in [0.5, 0.6) is 0 Å². The SMILES string of the molecule is CCCNc1ncnc(N2CC(C)CC(C)C2)c1CCC. The van der Waals surface area contributed by atoms with Crippen molar-refractivity contribution < 1.29 is 0 Å². The van der Waals surface area contributed by atoms with E-state index in [9.17, 15) is 0 Å². The molecule has 1 N–H and O–H groups in total. The standard InChI is InChI=1S/C17H30N4/c1-5-7-15-16(18-8-6-2)19-12-20-17(15)21-10-13(3)9-14(4)11-21/h12-14H,5-11H2,1-4H3,(H,18,19,20). The first kappa shape index (κ1) is 16.1. The Hall–Kier alpha value is -1.32. The van der Waals surface area contributed by atoms with Gasteiger partial charge in [0.25, 0.3) is 0 Å². The van der Waals surface area contributed by atoms with Crippen LogP contribution in [0.4, 0.5) is 11.6 Å². The molecule has 0 aromatic carbocycles. The maximum Gasteiger partial charge on any atom is 0.137 e. The number of nitrogens with one attached hydrogen (secondary N) is 1. The zero-order valence-corrected chi connectivity index (χ0v) is 14.0. The predicted octanol–water partition coefficient (Wildman–Crippen LogP) is 3.73. The Morgan fingerprint density at radius 1 is 1.14 bits per heavy atom. The fourth-order valence-corrected chi connectivity index (χ4v) is 3.39. The third kappa shape index (κ3) is 4.08. The van der Waals surface area contributed by atoms with E-state index in [4.69, 9.17) is 0 Å². The summed E-state index contributed by atoms with van der Waals surface area (Å²) in [6, 6.07) is 0. The second-order valence-corrected chi connectivity index (χ2v) is 6.55. The highest BCUT2D eigenvalue weighted by atomic mass is 15.2. The van der Waals surface area contributed by atoms with Gasteiger partial charge in [-0.05, 0) is 31.1 Å². The zero-order valence-electron chi connectivity index (χ0n) is 14.0. The van der Waals surface area contributed by atoms with Gasteiger partial charge in [-0.15, -0.1) is 0 Å². The molecule has 118 valence electrons. The first-order valence-corrected chi connectivity index (χ1v) is 8.48. The van der Waals surface area contributed by atoms with Crippen LogP contribution >= 0.6 is 0 Å². The Bertz CT molecular complexity index is 436. The summed E-state index contributed by atoms with van der Waals surface area (Å²) in [5.41, 5.74) is 1.30. The van der Waals surface area contributed by atoms with Gasteiger partial charge in [-0.25, -0.2) is 9.97 Å². The third-order valence-corrected chi connectivity index (χ3v) is 4.13. The first-order valence-electron chi connectivity index (χ1n) is 8.48. The highest BCUT2D eigenvalue weighted by Gasteiger charge is 2.25. The molecule has 0 bridgehead atoms. The molecule has 2 heterocycles. The molecule has 2 unspecified atom stereocenters. The van der Waals surface area contributed by atoms with E-state index < -0.39 is 0 Å². The minimum absolute atomic E-state index is 0.741. The molecule has 0 spiro atoms. The zero-order chi connectivity index (χ0) is 15.2. The van der Waals surface area contributed by atoms with Crippen molar-refractivity contribution in [1.82, 2.24) is 9.97 Å². The van der Waals surface area contributed by atoms with Gasteiger partial charge in [0.15, 0.2) is 0 Å². The number of anilines is 2. The molecule has 1 aromatic heterocycles. The largest absolute Gasteiger partial charge is 0.370 e. The number of aromatic nitrogens is 2. The summed E-state index contributed by atoms with van der Waals surface area (Å²) in [7, 11) is 0. The molecule has 4 nitrogen and oxygen atoms in total. The minimum atomic E-state index is 0.741. The monoisotopic (exact) mass is 290 g/mol. The van der Waals surface area contributed by atoms with Gasteiger partial charge in [-0.2, -0.15) is 0 Å². The number of hydrogen-bond donors (Lipinski definition) is 1. The van der Waals surface area contributed by atoms with Crippen molar-refractivity contribution in [3.8, 4) is 0 Å². The quantitative estimate of drug-likeness (QED) is 0.866. The molecule has 0 radical (unpaired) electrons. The average Bonchev–Trinajstić information content (AvgIpc) is 2.45. The summed E-state index contributed by atoms with van der Waals surface area (Å²) in [6.45, 7) is 12.3. The summed E-state index contributed by atoms with van der Waals surface area (Å²) >= 11 is 0. The lowest BCUT2D eigenvalue weighted by Gasteiger charge is -2.37. The molecule has 0 aliphatic carbocycles. The second-order valence-electron chi connectivity index (χ2n) is 6.55. The third-order valence-electron chi connectivity index (χ3n) is 4.13. The van der Waals surface area contributed by atoms with Gasteiger partial charge in [0, 0.05) is 25.2 Å². The smallest absolute Gasteiger partial charge is 0.137 e. The van der Waals surface area contributed by atoms with Gasteiger partial charge in [0.05, 0.1) is 0 Å². The summed E-state index contributed by atoms with van der Waals surface area (Å²) in [5.74, 6) is 3.67. The number of nitrogens with zero attached hydrogens (tertiary/aromatic N) is 3. The maximum absolute atomic E-state index is 4.63. The molecule has 1 aliphatic rings. The fourth-order valence-electron chi connectivity index (χ4n) is 3.39. The van der Waals surface area contributed by atoms with E-state index in [0.717, 1.165) is 62.4 Å². The number of rotatable bonds is 6. The average molecular weight is 290 g/mol. The van der Waals surface area contributed by atoms with Crippen LogP contribution in [0.15, 0.2) is 6.33 Å². The molecule has 1 fully saturated rings. The molecule has 0 amide bonds. The summed E-state index contributed by atoms with van der Waals surface area (Å²) in [5, 5.41) is 3.47. The molecule has 1 saturated heterocycles. The van der Waals surface area contributed by atoms with E-state index in [0.29, 0.717) is 0 Å². The topological polar surface area (TPSA) is 41.1 Å². The fraction of sp³-hybridized carbons (Fsp3) is 0.765. The van der Waals surface area contributed by atoms with Crippen LogP contribution in [0, 0.1) is 11.8 Å². The van der Waals surface area contributed by atoms with Crippen LogP contribution < -0.4 is 10.2 Å². The Morgan fingerprint density at radius 2 is 1.86 bits per heavy atom. The van der Waals surface area contributed by atoms with Crippen molar-refractivity contribution in [2.45, 2.75) is 53.4 Å². The molecule has 4 heteroatoms. The van der Waals surface area contributed by atoms with E-state index in [2.05, 4.69) is 47.9 Å². The van der Waals surface area contributed by atoms with Crippen LogP contribution in [0.25, 0.3) is 0 Å². The van der Waals surface area contributed by atoms with Crippen LogP contribution in [0.2, 0.25) is 0 Å². The Kier molecular flexibility index (Phi) is 5.83. The van der Waals surface area contributed by atoms with Crippen molar-refractivity contribution in [1.29, 1.82) is 0 Å². The van der Waals surface area contributed by atoms with Crippen molar-refractivity contribution in [3.63, 3.8) is 0 Å². The molecular weight excluding hydrogens is 260 g/mol. The molecule has 1 aliphatic heterocycles. The van der Waals surface area contributed by atoms with Gasteiger partial charge in [0.1, 0.15) is 18.0 Å². The Labute approximate surface area is 129 Å². The first-order chi connectivity index (χ1) is 10.2. The predicted molar refractivity (Wildman–Crippen MR) is 90.0 cm³/mol. The number of hydrogen-bond acceptors (Lipinski definition) is 4. The highest BCUT2D eigenvalue weighted by Crippen LogP contribution is 2.30. The molecular formula is C17H30N4. The van der Waals surface area contributed by atoms with Gasteiger partial charge in [-0.3, -0.25) is 0 Å². The van der Waals surface area contributed by atoms with E-state index in [1.807, 2.05) is 0 Å². The highest BCUT2D eigenvalue weighted by molar-refractivity contribution is 5.59. The van der Waals surface area contributed by atoms with Crippen molar-refractivity contribution in [2.24, 2.45) is 11.8 Å². The van der Waals surface area contributed by atoms with Gasteiger partial charge < -0.3 is 10.2 Å². The van der Waals surface area contributed by atoms with Crippen molar-refractivity contribution in [3.05, 3.63) is 11.9 Å². The Morgan fingerprint density at radius 3 is 2.48 bits per heavy atom. The van der Waals surface area contributed by atoms with E-state index >= 15 is 0 Å². The summed E-state index contributed by atoms with van der Waals surface area (Å²) < 4.78 is 0. The lowest BCUT2D eigenvalue weighted by atomic mass is 9.91. The van der Waals surface area contributed by atoms with Crippen molar-refractivity contribution in [2.75, 3.05) is 29.9 Å². The van der Waals surface area contributed by atoms with Crippen LogP contribution in [-0.2, 0) is 6.42 Å². The van der Waals surface area contributed by atoms with E-state index in [1.165, 1.54) is 12.0 Å². The molecule has 2 atom stereocenters.